The average molecular weight is 292 g/mol. The maximum Gasteiger partial charge on any atom is 0.351 e. The number of hydrogen-bond acceptors (Lipinski definition) is 6. The summed E-state index contributed by atoms with van der Waals surface area (Å²) >= 11 is 6.82. The first-order valence-corrected chi connectivity index (χ1v) is 6.41. The minimum absolute atomic E-state index is 0.0682. The molecule has 0 fully saturated rings. The van der Waals surface area contributed by atoms with Gasteiger partial charge in [0.15, 0.2) is 15.2 Å². The van der Waals surface area contributed by atoms with Crippen molar-refractivity contribution < 1.29 is 14.3 Å². The van der Waals surface area contributed by atoms with Crippen molar-refractivity contribution >= 4 is 39.9 Å². The molecule has 8 heteroatoms. The van der Waals surface area contributed by atoms with Crippen molar-refractivity contribution in [1.82, 2.24) is 10.3 Å². The molecular weight excluding hydrogens is 278 g/mol. The predicted octanol–water partition coefficient (Wildman–Crippen LogP) is 1.52. The van der Waals surface area contributed by atoms with Crippen molar-refractivity contribution in [3.05, 3.63) is 10.0 Å². The van der Waals surface area contributed by atoms with E-state index in [9.17, 15) is 9.59 Å². The summed E-state index contributed by atoms with van der Waals surface area (Å²) in [5.74, 6) is -0.701. The summed E-state index contributed by atoms with van der Waals surface area (Å²) in [4.78, 5) is 26.8. The molecule has 0 spiro atoms. The molecule has 18 heavy (non-hydrogen) atoms. The third-order valence-corrected chi connectivity index (χ3v) is 3.19. The Hall–Kier alpha value is -1.34. The van der Waals surface area contributed by atoms with E-state index in [2.05, 4.69) is 20.4 Å². The van der Waals surface area contributed by atoms with Crippen LogP contribution in [0.2, 0.25) is 5.15 Å². The Morgan fingerprint density at radius 2 is 2.17 bits per heavy atom. The van der Waals surface area contributed by atoms with Crippen molar-refractivity contribution in [3.8, 4) is 0 Å². The van der Waals surface area contributed by atoms with Crippen LogP contribution >= 0.6 is 22.9 Å². The molecule has 0 bridgehead atoms. The molecule has 1 amide bonds. The minimum Gasteiger partial charge on any atom is -0.465 e. The van der Waals surface area contributed by atoms with Gasteiger partial charge in [-0.1, -0.05) is 22.9 Å². The summed E-state index contributed by atoms with van der Waals surface area (Å²) in [6.07, 6.45) is 0. The summed E-state index contributed by atoms with van der Waals surface area (Å²) in [6.45, 7) is 3.81. The van der Waals surface area contributed by atoms with E-state index in [0.29, 0.717) is 5.13 Å². The molecule has 0 aliphatic rings. The van der Waals surface area contributed by atoms with Gasteiger partial charge in [0.1, 0.15) is 0 Å². The highest BCUT2D eigenvalue weighted by molar-refractivity contribution is 7.18. The van der Waals surface area contributed by atoms with Gasteiger partial charge < -0.3 is 15.4 Å². The number of amides is 1. The van der Waals surface area contributed by atoms with E-state index in [1.807, 2.05) is 13.8 Å². The molecule has 0 aliphatic heterocycles. The molecule has 0 saturated heterocycles. The van der Waals surface area contributed by atoms with Gasteiger partial charge in [0.25, 0.3) is 0 Å². The average Bonchev–Trinajstić information content (AvgIpc) is 2.66. The number of rotatable bonds is 5. The number of halogens is 1. The number of aromatic nitrogens is 1. The van der Waals surface area contributed by atoms with Gasteiger partial charge in [0, 0.05) is 6.04 Å². The zero-order valence-corrected chi connectivity index (χ0v) is 11.8. The van der Waals surface area contributed by atoms with E-state index in [4.69, 9.17) is 11.6 Å². The van der Waals surface area contributed by atoms with Crippen LogP contribution in [0.15, 0.2) is 0 Å². The molecule has 1 aromatic heterocycles. The third kappa shape index (κ3) is 4.15. The van der Waals surface area contributed by atoms with Gasteiger partial charge in [-0.05, 0) is 13.8 Å². The minimum atomic E-state index is -0.544. The molecule has 100 valence electrons. The SMILES string of the molecule is COC(=O)c1sc(NCC(=O)NC(C)C)nc1Cl. The van der Waals surface area contributed by atoms with Gasteiger partial charge in [-0.15, -0.1) is 0 Å². The van der Waals surface area contributed by atoms with Gasteiger partial charge in [0.05, 0.1) is 13.7 Å². The monoisotopic (exact) mass is 291 g/mol. The highest BCUT2D eigenvalue weighted by Gasteiger charge is 2.17. The number of anilines is 1. The molecule has 1 aromatic rings. The van der Waals surface area contributed by atoms with Crippen LogP contribution in [0.1, 0.15) is 23.5 Å². The first-order chi connectivity index (χ1) is 8.43. The Kier molecular flexibility index (Phi) is 5.36. The maximum absolute atomic E-state index is 11.4. The quantitative estimate of drug-likeness (QED) is 0.804. The van der Waals surface area contributed by atoms with E-state index in [0.717, 1.165) is 11.3 Å². The topological polar surface area (TPSA) is 80.3 Å². The Labute approximate surface area is 114 Å². The van der Waals surface area contributed by atoms with Crippen LogP contribution in [0, 0.1) is 0 Å². The number of carbonyl (C=O) groups excluding carboxylic acids is 2. The van der Waals surface area contributed by atoms with E-state index in [1.54, 1.807) is 0 Å². The van der Waals surface area contributed by atoms with Crippen LogP contribution in [-0.4, -0.2) is 36.6 Å². The van der Waals surface area contributed by atoms with Crippen LogP contribution in [0.25, 0.3) is 0 Å². The van der Waals surface area contributed by atoms with Gasteiger partial charge in [0.2, 0.25) is 5.91 Å². The number of carbonyl (C=O) groups is 2. The van der Waals surface area contributed by atoms with Gasteiger partial charge in [-0.25, -0.2) is 9.78 Å². The van der Waals surface area contributed by atoms with Gasteiger partial charge >= 0.3 is 5.97 Å². The van der Waals surface area contributed by atoms with Gasteiger partial charge in [-0.3, -0.25) is 4.79 Å². The van der Waals surface area contributed by atoms with Crippen molar-refractivity contribution in [2.24, 2.45) is 0 Å². The van der Waals surface area contributed by atoms with Crippen molar-refractivity contribution in [2.75, 3.05) is 19.0 Å². The molecule has 0 aliphatic carbocycles. The lowest BCUT2D eigenvalue weighted by Crippen LogP contribution is -2.34. The molecule has 0 saturated carbocycles. The fourth-order valence-electron chi connectivity index (χ4n) is 1.12. The zero-order chi connectivity index (χ0) is 13.7. The van der Waals surface area contributed by atoms with Crippen molar-refractivity contribution in [3.63, 3.8) is 0 Å². The fraction of sp³-hybridized carbons (Fsp3) is 0.500. The summed E-state index contributed by atoms with van der Waals surface area (Å²) in [7, 11) is 1.27. The number of esters is 1. The number of ether oxygens (including phenoxy) is 1. The second-order valence-corrected chi connectivity index (χ2v) is 5.06. The molecular formula is C10H14ClN3O3S. The third-order valence-electron chi connectivity index (χ3n) is 1.81. The van der Waals surface area contributed by atoms with Crippen LogP contribution in [0.5, 0.6) is 0 Å². The Morgan fingerprint density at radius 1 is 1.50 bits per heavy atom. The van der Waals surface area contributed by atoms with Crippen LogP contribution in [0.4, 0.5) is 5.13 Å². The summed E-state index contributed by atoms with van der Waals surface area (Å²) in [5, 5.41) is 5.98. The lowest BCUT2D eigenvalue weighted by molar-refractivity contribution is -0.119. The Bertz CT molecular complexity index is 448. The fourth-order valence-corrected chi connectivity index (χ4v) is 2.22. The first-order valence-electron chi connectivity index (χ1n) is 5.22. The molecule has 6 nitrogen and oxygen atoms in total. The number of hydrogen-bond donors (Lipinski definition) is 2. The zero-order valence-electron chi connectivity index (χ0n) is 10.2. The molecule has 1 heterocycles. The molecule has 0 unspecified atom stereocenters. The van der Waals surface area contributed by atoms with Crippen LogP contribution < -0.4 is 10.6 Å². The number of nitrogens with zero attached hydrogens (tertiary/aromatic N) is 1. The highest BCUT2D eigenvalue weighted by Crippen LogP contribution is 2.27. The first kappa shape index (κ1) is 14.7. The Morgan fingerprint density at radius 3 is 2.72 bits per heavy atom. The highest BCUT2D eigenvalue weighted by atomic mass is 35.5. The standard InChI is InChI=1S/C10H14ClN3O3S/c1-5(2)13-6(15)4-12-10-14-8(11)7(18-10)9(16)17-3/h5H,4H2,1-3H3,(H,12,14)(H,13,15). The molecule has 0 radical (unpaired) electrons. The van der Waals surface area contributed by atoms with Crippen molar-refractivity contribution in [2.45, 2.75) is 19.9 Å². The molecule has 0 atom stereocenters. The lowest BCUT2D eigenvalue weighted by Gasteiger charge is -2.08. The summed E-state index contributed by atoms with van der Waals surface area (Å²) in [6, 6.07) is 0.0739. The smallest absolute Gasteiger partial charge is 0.351 e. The van der Waals surface area contributed by atoms with Crippen LogP contribution in [0.3, 0.4) is 0 Å². The second-order valence-electron chi connectivity index (χ2n) is 3.71. The number of nitrogens with one attached hydrogen (secondary N) is 2. The van der Waals surface area contributed by atoms with E-state index in [1.165, 1.54) is 7.11 Å². The Balaban J connectivity index is 2.59. The molecule has 1 rings (SSSR count). The van der Waals surface area contributed by atoms with Crippen LogP contribution in [-0.2, 0) is 9.53 Å². The second kappa shape index (κ2) is 6.55. The predicted molar refractivity (Wildman–Crippen MR) is 70.2 cm³/mol. The van der Waals surface area contributed by atoms with E-state index < -0.39 is 5.97 Å². The lowest BCUT2D eigenvalue weighted by atomic mass is 10.4. The molecule has 0 aromatic carbocycles. The van der Waals surface area contributed by atoms with E-state index >= 15 is 0 Å². The number of thiazole rings is 1. The normalized spacial score (nSPS) is 10.3. The van der Waals surface area contributed by atoms with E-state index in [-0.39, 0.29) is 28.5 Å². The van der Waals surface area contributed by atoms with Gasteiger partial charge in [-0.2, -0.15) is 0 Å². The van der Waals surface area contributed by atoms with Crippen molar-refractivity contribution in [1.29, 1.82) is 0 Å². The molecule has 2 N–H and O–H groups in total. The summed E-state index contributed by atoms with van der Waals surface area (Å²) in [5.41, 5.74) is 0. The summed E-state index contributed by atoms with van der Waals surface area (Å²) < 4.78 is 4.55. The maximum atomic E-state index is 11.4. The largest absolute Gasteiger partial charge is 0.465 e. The number of methoxy groups -OCH3 is 1.